The number of hydrogen-bond donors (Lipinski definition) is 1. The number of thioether (sulfide) groups is 1. The average Bonchev–Trinajstić information content (AvgIpc) is 2.80. The number of terminal acetylenes is 1. The maximum atomic E-state index is 12.2. The van der Waals surface area contributed by atoms with Crippen LogP contribution in [0.2, 0.25) is 0 Å². The lowest BCUT2D eigenvalue weighted by molar-refractivity contribution is -0.127. The van der Waals surface area contributed by atoms with E-state index >= 15 is 0 Å². The van der Waals surface area contributed by atoms with Crippen molar-refractivity contribution in [1.29, 1.82) is 0 Å². The summed E-state index contributed by atoms with van der Waals surface area (Å²) < 4.78 is 11.3. The predicted molar refractivity (Wildman–Crippen MR) is 96.9 cm³/mol. The molecular weight excluding hydrogens is 412 g/mol. The third-order valence-corrected chi connectivity index (χ3v) is 4.53. The zero-order chi connectivity index (χ0) is 18.6. The quantitative estimate of drug-likeness (QED) is 0.553. The van der Waals surface area contributed by atoms with Crippen LogP contribution in [-0.4, -0.2) is 42.2 Å². The Morgan fingerprint density at radius 3 is 2.80 bits per heavy atom. The summed E-state index contributed by atoms with van der Waals surface area (Å²) in [7, 11) is 1.47. The Morgan fingerprint density at radius 1 is 1.48 bits per heavy atom. The van der Waals surface area contributed by atoms with Crippen molar-refractivity contribution in [3.8, 4) is 23.8 Å². The molecule has 0 saturated carbocycles. The first-order chi connectivity index (χ1) is 11.9. The van der Waals surface area contributed by atoms with Crippen LogP contribution >= 0.6 is 27.7 Å². The highest BCUT2D eigenvalue weighted by atomic mass is 79.9. The van der Waals surface area contributed by atoms with Crippen LogP contribution in [0.25, 0.3) is 6.08 Å². The fraction of sp³-hybridized carbons (Fsp3) is 0.188. The van der Waals surface area contributed by atoms with E-state index in [1.807, 2.05) is 0 Å². The van der Waals surface area contributed by atoms with Crippen molar-refractivity contribution >= 4 is 50.8 Å². The number of halogens is 1. The molecule has 2 rings (SSSR count). The van der Waals surface area contributed by atoms with Crippen LogP contribution in [-0.2, 0) is 9.59 Å². The monoisotopic (exact) mass is 424 g/mol. The normalized spacial score (nSPS) is 15.4. The molecule has 9 heteroatoms. The van der Waals surface area contributed by atoms with Crippen LogP contribution in [0, 0.1) is 12.3 Å². The lowest BCUT2D eigenvalue weighted by Crippen LogP contribution is -2.36. The van der Waals surface area contributed by atoms with Crippen LogP contribution in [0.15, 0.2) is 21.5 Å². The smallest absolute Gasteiger partial charge is 0.294 e. The molecule has 0 spiro atoms. The van der Waals surface area contributed by atoms with Gasteiger partial charge in [0.25, 0.3) is 11.1 Å². The Hall–Kier alpha value is -2.44. The second-order valence-corrected chi connectivity index (χ2v) is 6.61. The van der Waals surface area contributed by atoms with Crippen molar-refractivity contribution in [1.82, 2.24) is 4.90 Å². The molecule has 1 aromatic carbocycles. The minimum absolute atomic E-state index is 0.0698. The molecular formula is C16H13BrN2O5S. The van der Waals surface area contributed by atoms with E-state index in [9.17, 15) is 14.4 Å². The second kappa shape index (κ2) is 8.09. The molecule has 25 heavy (non-hydrogen) atoms. The number of imide groups is 1. The SMILES string of the molecule is C#CCOc1c(Br)cc(/C=C2\SC(=O)N(CC(N)=O)C2=O)cc1OC. The molecule has 1 saturated heterocycles. The van der Waals surface area contributed by atoms with E-state index in [0.717, 1.165) is 16.7 Å². The number of hydrogen-bond acceptors (Lipinski definition) is 6. The topological polar surface area (TPSA) is 98.9 Å². The van der Waals surface area contributed by atoms with Gasteiger partial charge >= 0.3 is 0 Å². The van der Waals surface area contributed by atoms with E-state index in [0.29, 0.717) is 21.5 Å². The first kappa shape index (κ1) is 18.9. The maximum absolute atomic E-state index is 12.2. The Balaban J connectivity index is 2.34. The predicted octanol–water partition coefficient (Wildman–Crippen LogP) is 1.99. The van der Waals surface area contributed by atoms with E-state index in [2.05, 4.69) is 21.9 Å². The Morgan fingerprint density at radius 2 is 2.20 bits per heavy atom. The highest BCUT2D eigenvalue weighted by molar-refractivity contribution is 9.10. The molecule has 0 atom stereocenters. The Kier molecular flexibility index (Phi) is 6.12. The van der Waals surface area contributed by atoms with Gasteiger partial charge < -0.3 is 15.2 Å². The van der Waals surface area contributed by atoms with E-state index in [1.165, 1.54) is 13.2 Å². The molecule has 0 unspecified atom stereocenters. The van der Waals surface area contributed by atoms with E-state index in [1.54, 1.807) is 12.1 Å². The summed E-state index contributed by atoms with van der Waals surface area (Å²) in [6, 6.07) is 3.33. The van der Waals surface area contributed by atoms with Gasteiger partial charge in [-0.3, -0.25) is 19.3 Å². The number of nitrogens with two attached hydrogens (primary N) is 1. The number of ether oxygens (including phenoxy) is 2. The van der Waals surface area contributed by atoms with E-state index in [-0.39, 0.29) is 11.5 Å². The maximum Gasteiger partial charge on any atom is 0.294 e. The molecule has 1 heterocycles. The van der Waals surface area contributed by atoms with Crippen LogP contribution < -0.4 is 15.2 Å². The van der Waals surface area contributed by atoms with Crippen molar-refractivity contribution in [2.24, 2.45) is 5.73 Å². The number of nitrogens with zero attached hydrogens (tertiary/aromatic N) is 1. The summed E-state index contributed by atoms with van der Waals surface area (Å²) in [5.74, 6) is 1.87. The van der Waals surface area contributed by atoms with Gasteiger partial charge in [-0.1, -0.05) is 5.92 Å². The molecule has 0 radical (unpaired) electrons. The zero-order valence-electron chi connectivity index (χ0n) is 13.1. The summed E-state index contributed by atoms with van der Waals surface area (Å²) in [6.07, 6.45) is 6.70. The number of benzene rings is 1. The summed E-state index contributed by atoms with van der Waals surface area (Å²) in [5, 5.41) is -0.546. The summed E-state index contributed by atoms with van der Waals surface area (Å²) in [5.41, 5.74) is 5.64. The van der Waals surface area contributed by atoms with Gasteiger partial charge in [0, 0.05) is 0 Å². The summed E-state index contributed by atoms with van der Waals surface area (Å²) in [6.45, 7) is -0.381. The van der Waals surface area contributed by atoms with Crippen molar-refractivity contribution in [3.63, 3.8) is 0 Å². The van der Waals surface area contributed by atoms with Gasteiger partial charge in [-0.2, -0.15) is 0 Å². The third-order valence-electron chi connectivity index (χ3n) is 3.04. The van der Waals surface area contributed by atoms with Gasteiger partial charge in [0.2, 0.25) is 5.91 Å². The first-order valence-electron chi connectivity index (χ1n) is 6.84. The van der Waals surface area contributed by atoms with Gasteiger partial charge in [0.1, 0.15) is 13.2 Å². The summed E-state index contributed by atoms with van der Waals surface area (Å²) in [4.78, 5) is 36.0. The van der Waals surface area contributed by atoms with Crippen molar-refractivity contribution < 1.29 is 23.9 Å². The summed E-state index contributed by atoms with van der Waals surface area (Å²) >= 11 is 4.09. The van der Waals surface area contributed by atoms with E-state index in [4.69, 9.17) is 21.6 Å². The molecule has 0 aliphatic carbocycles. The molecule has 1 aliphatic rings. The molecule has 0 bridgehead atoms. The van der Waals surface area contributed by atoms with Crippen LogP contribution in [0.3, 0.4) is 0 Å². The van der Waals surface area contributed by atoms with Gasteiger partial charge in [-0.25, -0.2) is 0 Å². The fourth-order valence-electron chi connectivity index (χ4n) is 2.02. The molecule has 130 valence electrons. The minimum atomic E-state index is -0.761. The van der Waals surface area contributed by atoms with Crippen LogP contribution in [0.4, 0.5) is 4.79 Å². The van der Waals surface area contributed by atoms with Crippen molar-refractivity contribution in [2.45, 2.75) is 0 Å². The van der Waals surface area contributed by atoms with Gasteiger partial charge in [0.15, 0.2) is 11.5 Å². The van der Waals surface area contributed by atoms with E-state index < -0.39 is 23.6 Å². The number of methoxy groups -OCH3 is 1. The molecule has 0 aromatic heterocycles. The molecule has 1 fully saturated rings. The van der Waals surface area contributed by atoms with Crippen LogP contribution in [0.1, 0.15) is 5.56 Å². The highest BCUT2D eigenvalue weighted by Gasteiger charge is 2.35. The number of amides is 3. The largest absolute Gasteiger partial charge is 0.493 e. The second-order valence-electron chi connectivity index (χ2n) is 4.76. The lowest BCUT2D eigenvalue weighted by Gasteiger charge is -2.12. The lowest BCUT2D eigenvalue weighted by atomic mass is 10.2. The van der Waals surface area contributed by atoms with Gasteiger partial charge in [-0.15, -0.1) is 6.42 Å². The van der Waals surface area contributed by atoms with Gasteiger partial charge in [-0.05, 0) is 51.5 Å². The third kappa shape index (κ3) is 4.35. The molecule has 1 aliphatic heterocycles. The Bertz CT molecular complexity index is 815. The number of primary amides is 1. The molecule has 1 aromatic rings. The Labute approximate surface area is 156 Å². The average molecular weight is 425 g/mol. The number of rotatable bonds is 6. The fourth-order valence-corrected chi connectivity index (χ4v) is 3.43. The molecule has 3 amide bonds. The van der Waals surface area contributed by atoms with Crippen molar-refractivity contribution in [3.05, 3.63) is 27.1 Å². The van der Waals surface area contributed by atoms with Crippen molar-refractivity contribution in [2.75, 3.05) is 20.3 Å². The number of carbonyl (C=O) groups is 3. The molecule has 7 nitrogen and oxygen atoms in total. The first-order valence-corrected chi connectivity index (χ1v) is 8.45. The zero-order valence-corrected chi connectivity index (χ0v) is 15.5. The standard InChI is InChI=1S/C16H13BrN2O5S/c1-3-4-24-14-10(17)5-9(6-11(14)23-2)7-12-15(21)19(8-13(18)20)16(22)25-12/h1,5-7H,4,8H2,2H3,(H2,18,20)/b12-7-. The molecule has 2 N–H and O–H groups in total. The van der Waals surface area contributed by atoms with Gasteiger partial charge in [0.05, 0.1) is 16.5 Å². The van der Waals surface area contributed by atoms with Crippen LogP contribution in [0.5, 0.6) is 11.5 Å². The highest BCUT2D eigenvalue weighted by Crippen LogP contribution is 2.39. The minimum Gasteiger partial charge on any atom is -0.493 e. The number of carbonyl (C=O) groups excluding carboxylic acids is 3.